The van der Waals surface area contributed by atoms with E-state index in [9.17, 15) is 18.0 Å². The van der Waals surface area contributed by atoms with Crippen molar-refractivity contribution in [1.82, 2.24) is 4.98 Å². The maximum Gasteiger partial charge on any atom is 0.416 e. The molecule has 0 bridgehead atoms. The predicted octanol–water partition coefficient (Wildman–Crippen LogP) is 3.79. The number of nitrogens with zero attached hydrogens (tertiary/aromatic N) is 1. The Balaban J connectivity index is 2.26. The second kappa shape index (κ2) is 6.17. The van der Waals surface area contributed by atoms with Crippen molar-refractivity contribution in [2.45, 2.75) is 19.5 Å². The summed E-state index contributed by atoms with van der Waals surface area (Å²) in [5.74, 6) is -0.368. The van der Waals surface area contributed by atoms with Gasteiger partial charge < -0.3 is 4.74 Å². The number of carbonyl (C=O) groups excluding carboxylic acids is 1. The third-order valence-electron chi connectivity index (χ3n) is 3.27. The number of carbonyl (C=O) groups is 1. The number of benzene rings is 1. The minimum Gasteiger partial charge on any atom is -0.469 e. The molecule has 1 aromatic carbocycles. The van der Waals surface area contributed by atoms with Gasteiger partial charge in [-0.25, -0.2) is 0 Å². The number of aryl methyl sites for hydroxylation is 1. The summed E-state index contributed by atoms with van der Waals surface area (Å²) in [6.45, 7) is 1.74. The molecular weight excluding hydrogens is 295 g/mol. The first-order valence-electron chi connectivity index (χ1n) is 6.52. The Bertz CT molecular complexity index is 679. The Morgan fingerprint density at radius 1 is 1.14 bits per heavy atom. The molecule has 22 heavy (non-hydrogen) atoms. The highest BCUT2D eigenvalue weighted by Crippen LogP contribution is 2.30. The first-order chi connectivity index (χ1) is 10.3. The molecule has 3 nitrogen and oxygen atoms in total. The van der Waals surface area contributed by atoms with E-state index in [-0.39, 0.29) is 12.4 Å². The Labute approximate surface area is 125 Å². The lowest BCUT2D eigenvalue weighted by Crippen LogP contribution is -2.07. The minimum absolute atomic E-state index is 0.114. The van der Waals surface area contributed by atoms with E-state index in [1.54, 1.807) is 19.1 Å². The fourth-order valence-electron chi connectivity index (χ4n) is 2.00. The predicted molar refractivity (Wildman–Crippen MR) is 75.1 cm³/mol. The van der Waals surface area contributed by atoms with Crippen molar-refractivity contribution >= 4 is 5.97 Å². The molecule has 0 aliphatic carbocycles. The van der Waals surface area contributed by atoms with Gasteiger partial charge in [-0.3, -0.25) is 9.78 Å². The summed E-state index contributed by atoms with van der Waals surface area (Å²) in [4.78, 5) is 15.6. The number of methoxy groups -OCH3 is 1. The van der Waals surface area contributed by atoms with E-state index >= 15 is 0 Å². The van der Waals surface area contributed by atoms with E-state index in [1.165, 1.54) is 19.2 Å². The Morgan fingerprint density at radius 3 is 2.27 bits per heavy atom. The molecule has 0 atom stereocenters. The number of halogens is 3. The van der Waals surface area contributed by atoms with Crippen LogP contribution in [0.15, 0.2) is 36.4 Å². The molecule has 0 saturated heterocycles. The Kier molecular flexibility index (Phi) is 4.49. The average molecular weight is 309 g/mol. The van der Waals surface area contributed by atoms with Gasteiger partial charge in [0.1, 0.15) is 0 Å². The topological polar surface area (TPSA) is 39.2 Å². The summed E-state index contributed by atoms with van der Waals surface area (Å²) >= 11 is 0. The molecule has 0 saturated carbocycles. The normalized spacial score (nSPS) is 11.3. The van der Waals surface area contributed by atoms with Gasteiger partial charge in [0, 0.05) is 11.3 Å². The van der Waals surface area contributed by atoms with Gasteiger partial charge in [0.2, 0.25) is 0 Å². The van der Waals surface area contributed by atoms with Crippen LogP contribution in [0.25, 0.3) is 11.3 Å². The first-order valence-corrected chi connectivity index (χ1v) is 6.52. The number of hydrogen-bond donors (Lipinski definition) is 0. The third kappa shape index (κ3) is 3.63. The fraction of sp³-hybridized carbons (Fsp3) is 0.250. The monoisotopic (exact) mass is 309 g/mol. The van der Waals surface area contributed by atoms with Crippen LogP contribution >= 0.6 is 0 Å². The van der Waals surface area contributed by atoms with Crippen molar-refractivity contribution < 1.29 is 22.7 Å². The number of alkyl halides is 3. The van der Waals surface area contributed by atoms with Crippen LogP contribution in [-0.4, -0.2) is 18.1 Å². The molecule has 0 unspecified atom stereocenters. The van der Waals surface area contributed by atoms with E-state index in [1.807, 2.05) is 0 Å². The molecule has 0 N–H and O–H groups in total. The zero-order valence-electron chi connectivity index (χ0n) is 12.1. The molecule has 6 heteroatoms. The van der Waals surface area contributed by atoms with Gasteiger partial charge in [0.05, 0.1) is 24.8 Å². The standard InChI is InChI=1S/C16H14F3NO2/c1-10-12(9-15(21)22-2)5-8-14(20-10)11-3-6-13(7-4-11)16(17,18)19/h3-8H,9H2,1-2H3. The summed E-state index contributed by atoms with van der Waals surface area (Å²) in [5.41, 5.74) is 1.81. The number of ether oxygens (including phenoxy) is 1. The van der Waals surface area contributed by atoms with Crippen molar-refractivity contribution in [1.29, 1.82) is 0 Å². The molecule has 1 aromatic heterocycles. The molecule has 0 aliphatic rings. The summed E-state index contributed by atoms with van der Waals surface area (Å²) < 4.78 is 42.2. The van der Waals surface area contributed by atoms with Crippen molar-refractivity contribution in [3.05, 3.63) is 53.2 Å². The van der Waals surface area contributed by atoms with Crippen molar-refractivity contribution in [3.63, 3.8) is 0 Å². The van der Waals surface area contributed by atoms with Crippen molar-refractivity contribution in [2.75, 3.05) is 7.11 Å². The van der Waals surface area contributed by atoms with Gasteiger partial charge >= 0.3 is 12.1 Å². The first kappa shape index (κ1) is 16.0. The smallest absolute Gasteiger partial charge is 0.416 e. The summed E-state index contributed by atoms with van der Waals surface area (Å²) in [5, 5.41) is 0. The summed E-state index contributed by atoms with van der Waals surface area (Å²) in [6.07, 6.45) is -4.24. The summed E-state index contributed by atoms with van der Waals surface area (Å²) in [6, 6.07) is 8.21. The third-order valence-corrected chi connectivity index (χ3v) is 3.27. The molecule has 0 radical (unpaired) electrons. The SMILES string of the molecule is COC(=O)Cc1ccc(-c2ccc(C(F)(F)F)cc2)nc1C. The van der Waals surface area contributed by atoms with Crippen molar-refractivity contribution in [3.8, 4) is 11.3 Å². The van der Waals surface area contributed by atoms with Crippen LogP contribution in [0.4, 0.5) is 13.2 Å². The van der Waals surface area contributed by atoms with E-state index in [0.717, 1.165) is 17.7 Å². The van der Waals surface area contributed by atoms with E-state index in [2.05, 4.69) is 9.72 Å². The van der Waals surface area contributed by atoms with Crippen LogP contribution in [0.2, 0.25) is 0 Å². The zero-order chi connectivity index (χ0) is 16.3. The van der Waals surface area contributed by atoms with E-state index in [0.29, 0.717) is 17.0 Å². The highest BCUT2D eigenvalue weighted by molar-refractivity contribution is 5.73. The van der Waals surface area contributed by atoms with Gasteiger partial charge in [-0.1, -0.05) is 18.2 Å². The van der Waals surface area contributed by atoms with E-state index in [4.69, 9.17) is 0 Å². The van der Waals surface area contributed by atoms with Crippen LogP contribution in [0.5, 0.6) is 0 Å². The van der Waals surface area contributed by atoms with Gasteiger partial charge in [0.25, 0.3) is 0 Å². The Hall–Kier alpha value is -2.37. The van der Waals surface area contributed by atoms with Crippen LogP contribution < -0.4 is 0 Å². The quantitative estimate of drug-likeness (QED) is 0.810. The number of esters is 1. The maximum absolute atomic E-state index is 12.5. The lowest BCUT2D eigenvalue weighted by Gasteiger charge is -2.09. The van der Waals surface area contributed by atoms with Crippen LogP contribution in [0, 0.1) is 6.92 Å². The van der Waals surface area contributed by atoms with Gasteiger partial charge in [-0.15, -0.1) is 0 Å². The lowest BCUT2D eigenvalue weighted by molar-refractivity contribution is -0.140. The fourth-order valence-corrected chi connectivity index (χ4v) is 2.00. The lowest BCUT2D eigenvalue weighted by atomic mass is 10.1. The van der Waals surface area contributed by atoms with Crippen LogP contribution in [0.1, 0.15) is 16.8 Å². The van der Waals surface area contributed by atoms with E-state index < -0.39 is 11.7 Å². The number of pyridine rings is 1. The highest BCUT2D eigenvalue weighted by Gasteiger charge is 2.30. The molecule has 116 valence electrons. The second-order valence-electron chi connectivity index (χ2n) is 4.77. The number of hydrogen-bond acceptors (Lipinski definition) is 3. The van der Waals surface area contributed by atoms with Gasteiger partial charge in [-0.05, 0) is 30.7 Å². The Morgan fingerprint density at radius 2 is 1.77 bits per heavy atom. The largest absolute Gasteiger partial charge is 0.469 e. The van der Waals surface area contributed by atoms with Crippen LogP contribution in [0.3, 0.4) is 0 Å². The molecule has 2 rings (SSSR count). The molecule has 0 amide bonds. The highest BCUT2D eigenvalue weighted by atomic mass is 19.4. The molecule has 2 aromatic rings. The minimum atomic E-state index is -4.35. The summed E-state index contributed by atoms with van der Waals surface area (Å²) in [7, 11) is 1.31. The van der Waals surface area contributed by atoms with Gasteiger partial charge in [0.15, 0.2) is 0 Å². The molecule has 0 aliphatic heterocycles. The molecule has 0 spiro atoms. The number of rotatable bonds is 3. The second-order valence-corrected chi connectivity index (χ2v) is 4.77. The zero-order valence-corrected chi connectivity index (χ0v) is 12.1. The van der Waals surface area contributed by atoms with Gasteiger partial charge in [-0.2, -0.15) is 13.2 Å². The molecule has 1 heterocycles. The molecular formula is C16H14F3NO2. The number of aromatic nitrogens is 1. The molecule has 0 fully saturated rings. The average Bonchev–Trinajstić information content (AvgIpc) is 2.48. The van der Waals surface area contributed by atoms with Crippen molar-refractivity contribution in [2.24, 2.45) is 0 Å². The van der Waals surface area contributed by atoms with Crippen LogP contribution in [-0.2, 0) is 22.1 Å². The maximum atomic E-state index is 12.5.